The third-order valence-electron chi connectivity index (χ3n) is 2.04. The molecule has 0 saturated heterocycles. The molecule has 2 N–H and O–H groups in total. The van der Waals surface area contributed by atoms with Crippen LogP contribution in [0, 0.1) is 5.82 Å². The second kappa shape index (κ2) is 4.89. The Labute approximate surface area is 106 Å². The molecule has 0 aliphatic rings. The molecule has 0 radical (unpaired) electrons. The maximum atomic E-state index is 13.2. The van der Waals surface area contributed by atoms with Gasteiger partial charge in [-0.3, -0.25) is 0 Å². The van der Waals surface area contributed by atoms with Gasteiger partial charge >= 0.3 is 0 Å². The lowest BCUT2D eigenvalue weighted by atomic mass is 10.3. The molecular formula is C12H9BrFNS. The van der Waals surface area contributed by atoms with Crippen LogP contribution in [0.3, 0.4) is 0 Å². The standard InChI is InChI=1S/C12H9BrFNS/c13-8-3-1-4-9(7-8)16-11-6-2-5-10(14)12(11)15/h1-7H,15H2. The first kappa shape index (κ1) is 11.5. The van der Waals surface area contributed by atoms with Gasteiger partial charge in [-0.15, -0.1) is 0 Å². The number of nitrogens with two attached hydrogens (primary N) is 1. The summed E-state index contributed by atoms with van der Waals surface area (Å²) in [5, 5.41) is 0. The first-order chi connectivity index (χ1) is 7.66. The fourth-order valence-electron chi connectivity index (χ4n) is 1.26. The molecule has 0 amide bonds. The molecule has 0 unspecified atom stereocenters. The van der Waals surface area contributed by atoms with E-state index in [2.05, 4.69) is 15.9 Å². The van der Waals surface area contributed by atoms with Crippen LogP contribution in [0.25, 0.3) is 0 Å². The lowest BCUT2D eigenvalue weighted by Crippen LogP contribution is -1.92. The number of benzene rings is 2. The van der Waals surface area contributed by atoms with Crippen LogP contribution in [0.2, 0.25) is 0 Å². The summed E-state index contributed by atoms with van der Waals surface area (Å²) in [7, 11) is 0. The van der Waals surface area contributed by atoms with Gasteiger partial charge in [0.2, 0.25) is 0 Å². The smallest absolute Gasteiger partial charge is 0.147 e. The van der Waals surface area contributed by atoms with Crippen LogP contribution < -0.4 is 5.73 Å². The van der Waals surface area contributed by atoms with Crippen LogP contribution in [0.15, 0.2) is 56.7 Å². The van der Waals surface area contributed by atoms with Crippen LogP contribution >= 0.6 is 27.7 Å². The number of halogens is 2. The third kappa shape index (κ3) is 2.57. The predicted molar refractivity (Wildman–Crippen MR) is 69.1 cm³/mol. The van der Waals surface area contributed by atoms with Crippen LogP contribution in [-0.2, 0) is 0 Å². The summed E-state index contributed by atoms with van der Waals surface area (Å²) in [5.41, 5.74) is 5.86. The maximum Gasteiger partial charge on any atom is 0.147 e. The van der Waals surface area contributed by atoms with Crippen molar-refractivity contribution in [2.75, 3.05) is 5.73 Å². The third-order valence-corrected chi connectivity index (χ3v) is 3.60. The van der Waals surface area contributed by atoms with E-state index in [4.69, 9.17) is 5.73 Å². The molecule has 1 nitrogen and oxygen atoms in total. The van der Waals surface area contributed by atoms with Gasteiger partial charge in [-0.1, -0.05) is 39.8 Å². The number of rotatable bonds is 2. The van der Waals surface area contributed by atoms with Gasteiger partial charge in [-0.25, -0.2) is 4.39 Å². The van der Waals surface area contributed by atoms with Crippen molar-refractivity contribution in [3.63, 3.8) is 0 Å². The van der Waals surface area contributed by atoms with Gasteiger partial charge in [0.1, 0.15) is 5.82 Å². The maximum absolute atomic E-state index is 13.2. The molecule has 0 spiro atoms. The van der Waals surface area contributed by atoms with Crippen molar-refractivity contribution in [1.82, 2.24) is 0 Å². The van der Waals surface area contributed by atoms with E-state index in [-0.39, 0.29) is 11.5 Å². The van der Waals surface area contributed by atoms with Gasteiger partial charge in [-0.2, -0.15) is 0 Å². The Bertz CT molecular complexity index is 516. The summed E-state index contributed by atoms with van der Waals surface area (Å²) in [6.45, 7) is 0. The van der Waals surface area contributed by atoms with Gasteiger partial charge in [-0.05, 0) is 30.3 Å². The molecule has 0 bridgehead atoms. The van der Waals surface area contributed by atoms with E-state index in [9.17, 15) is 4.39 Å². The monoisotopic (exact) mass is 297 g/mol. The molecule has 0 atom stereocenters. The number of hydrogen-bond acceptors (Lipinski definition) is 2. The van der Waals surface area contributed by atoms with Crippen LogP contribution in [0.5, 0.6) is 0 Å². The van der Waals surface area contributed by atoms with E-state index in [1.54, 1.807) is 6.07 Å². The minimum atomic E-state index is -0.375. The molecule has 4 heteroatoms. The van der Waals surface area contributed by atoms with Gasteiger partial charge < -0.3 is 5.73 Å². The highest BCUT2D eigenvalue weighted by Gasteiger charge is 2.05. The second-order valence-electron chi connectivity index (χ2n) is 3.21. The van der Waals surface area contributed by atoms with Gasteiger partial charge in [0.25, 0.3) is 0 Å². The predicted octanol–water partition coefficient (Wildman–Crippen LogP) is 4.32. The van der Waals surface area contributed by atoms with Crippen LogP contribution in [0.4, 0.5) is 10.1 Å². The minimum absolute atomic E-state index is 0.201. The van der Waals surface area contributed by atoms with Crippen molar-refractivity contribution in [2.45, 2.75) is 9.79 Å². The molecule has 2 aromatic carbocycles. The Kier molecular flexibility index (Phi) is 3.51. The number of hydrogen-bond donors (Lipinski definition) is 1. The lowest BCUT2D eigenvalue weighted by Gasteiger charge is -2.06. The molecule has 0 aliphatic carbocycles. The highest BCUT2D eigenvalue weighted by Crippen LogP contribution is 2.34. The molecular weight excluding hydrogens is 289 g/mol. The van der Waals surface area contributed by atoms with Crippen molar-refractivity contribution in [3.8, 4) is 0 Å². The van der Waals surface area contributed by atoms with Gasteiger partial charge in [0.15, 0.2) is 0 Å². The highest BCUT2D eigenvalue weighted by atomic mass is 79.9. The Hall–Kier alpha value is -1.00. The van der Waals surface area contributed by atoms with E-state index in [0.29, 0.717) is 0 Å². The Morgan fingerprint density at radius 3 is 2.62 bits per heavy atom. The zero-order valence-electron chi connectivity index (χ0n) is 8.28. The molecule has 2 aromatic rings. The molecule has 2 rings (SSSR count). The largest absolute Gasteiger partial charge is 0.395 e. The summed E-state index contributed by atoms with van der Waals surface area (Å²) < 4.78 is 14.2. The van der Waals surface area contributed by atoms with Crippen molar-refractivity contribution in [2.24, 2.45) is 0 Å². The molecule has 0 fully saturated rings. The second-order valence-corrected chi connectivity index (χ2v) is 5.24. The lowest BCUT2D eigenvalue weighted by molar-refractivity contribution is 0.629. The Morgan fingerprint density at radius 2 is 1.88 bits per heavy atom. The van der Waals surface area contributed by atoms with Crippen molar-refractivity contribution in [1.29, 1.82) is 0 Å². The normalized spacial score (nSPS) is 10.4. The number of anilines is 1. The van der Waals surface area contributed by atoms with Crippen molar-refractivity contribution >= 4 is 33.4 Å². The fourth-order valence-corrected chi connectivity index (χ4v) is 2.75. The number of nitrogen functional groups attached to an aromatic ring is 1. The number of para-hydroxylation sites is 1. The fraction of sp³-hybridized carbons (Fsp3) is 0. The SMILES string of the molecule is Nc1c(F)cccc1Sc1cccc(Br)c1. The first-order valence-electron chi connectivity index (χ1n) is 4.64. The quantitative estimate of drug-likeness (QED) is 0.836. The van der Waals surface area contributed by atoms with E-state index < -0.39 is 0 Å². The molecule has 0 heterocycles. The summed E-state index contributed by atoms with van der Waals surface area (Å²) >= 11 is 4.84. The highest BCUT2D eigenvalue weighted by molar-refractivity contribution is 9.10. The van der Waals surface area contributed by atoms with E-state index >= 15 is 0 Å². The van der Waals surface area contributed by atoms with Crippen molar-refractivity contribution < 1.29 is 4.39 Å². The summed E-state index contributed by atoms with van der Waals surface area (Å²) in [6.07, 6.45) is 0. The van der Waals surface area contributed by atoms with Crippen molar-refractivity contribution in [3.05, 3.63) is 52.8 Å². The zero-order valence-corrected chi connectivity index (χ0v) is 10.7. The molecule has 0 aliphatic heterocycles. The van der Waals surface area contributed by atoms with E-state index in [1.165, 1.54) is 17.8 Å². The summed E-state index contributed by atoms with van der Waals surface area (Å²) in [6, 6.07) is 12.6. The summed E-state index contributed by atoms with van der Waals surface area (Å²) in [4.78, 5) is 1.75. The Balaban J connectivity index is 2.31. The van der Waals surface area contributed by atoms with Gasteiger partial charge in [0.05, 0.1) is 5.69 Å². The minimum Gasteiger partial charge on any atom is -0.395 e. The average molecular weight is 298 g/mol. The zero-order chi connectivity index (χ0) is 11.5. The summed E-state index contributed by atoms with van der Waals surface area (Å²) in [5.74, 6) is -0.375. The van der Waals surface area contributed by atoms with E-state index in [1.807, 2.05) is 30.3 Å². The Morgan fingerprint density at radius 1 is 1.12 bits per heavy atom. The first-order valence-corrected chi connectivity index (χ1v) is 6.25. The topological polar surface area (TPSA) is 26.0 Å². The van der Waals surface area contributed by atoms with Gasteiger partial charge in [0, 0.05) is 14.3 Å². The van der Waals surface area contributed by atoms with Crippen LogP contribution in [-0.4, -0.2) is 0 Å². The van der Waals surface area contributed by atoms with E-state index in [0.717, 1.165) is 14.3 Å². The molecule has 82 valence electrons. The average Bonchev–Trinajstić information content (AvgIpc) is 2.25. The molecule has 16 heavy (non-hydrogen) atoms. The molecule has 0 aromatic heterocycles. The van der Waals surface area contributed by atoms with Crippen LogP contribution in [0.1, 0.15) is 0 Å². The molecule has 0 saturated carbocycles.